The Morgan fingerprint density at radius 3 is 3.00 bits per heavy atom. The Morgan fingerprint density at radius 2 is 2.25 bits per heavy atom. The minimum absolute atomic E-state index is 0.0157. The van der Waals surface area contributed by atoms with E-state index in [-0.39, 0.29) is 17.9 Å². The van der Waals surface area contributed by atoms with Crippen LogP contribution in [0, 0.1) is 5.41 Å². The molecule has 0 atom stereocenters. The second-order valence-corrected chi connectivity index (χ2v) is 5.85. The summed E-state index contributed by atoms with van der Waals surface area (Å²) in [5.41, 5.74) is 1.54. The van der Waals surface area contributed by atoms with E-state index in [9.17, 15) is 4.79 Å². The van der Waals surface area contributed by atoms with E-state index in [1.165, 1.54) is 0 Å². The lowest BCUT2D eigenvalue weighted by Crippen LogP contribution is -2.34. The Balaban J connectivity index is 1.97. The topological polar surface area (TPSA) is 78.0 Å². The van der Waals surface area contributed by atoms with Gasteiger partial charge in [0.05, 0.1) is 11.7 Å². The maximum absolute atomic E-state index is 12.1. The number of nitrogens with zero attached hydrogens (tertiary/aromatic N) is 1. The van der Waals surface area contributed by atoms with Crippen molar-refractivity contribution in [3.8, 4) is 0 Å². The number of rotatable bonds is 6. The third-order valence-electron chi connectivity index (χ3n) is 3.44. The Labute approximate surface area is 118 Å². The smallest absolute Gasteiger partial charge is 0.251 e. The molecule has 0 bridgehead atoms. The average Bonchev–Trinajstić information content (AvgIpc) is 2.90. The lowest BCUT2D eigenvalue weighted by Gasteiger charge is -2.24. The van der Waals surface area contributed by atoms with Crippen LogP contribution in [0.4, 0.5) is 0 Å². The number of fused-ring (bicyclic) bond motifs is 1. The van der Waals surface area contributed by atoms with E-state index in [0.29, 0.717) is 12.1 Å². The van der Waals surface area contributed by atoms with Gasteiger partial charge in [0, 0.05) is 24.1 Å². The lowest BCUT2D eigenvalue weighted by atomic mass is 9.88. The van der Waals surface area contributed by atoms with Gasteiger partial charge in [-0.25, -0.2) is 0 Å². The van der Waals surface area contributed by atoms with E-state index in [0.717, 1.165) is 23.7 Å². The summed E-state index contributed by atoms with van der Waals surface area (Å²) in [5, 5.41) is 19.6. The van der Waals surface area contributed by atoms with Crippen molar-refractivity contribution in [2.75, 3.05) is 13.2 Å². The van der Waals surface area contributed by atoms with Crippen molar-refractivity contribution in [1.82, 2.24) is 15.5 Å². The highest BCUT2D eigenvalue weighted by atomic mass is 16.2. The molecule has 108 valence electrons. The van der Waals surface area contributed by atoms with E-state index < -0.39 is 0 Å². The first-order valence-corrected chi connectivity index (χ1v) is 6.84. The zero-order chi connectivity index (χ0) is 14.6. The number of carbonyl (C=O) groups is 1. The molecule has 0 saturated heterocycles. The van der Waals surface area contributed by atoms with Crippen LogP contribution in [0.5, 0.6) is 0 Å². The summed E-state index contributed by atoms with van der Waals surface area (Å²) >= 11 is 0. The van der Waals surface area contributed by atoms with Crippen molar-refractivity contribution in [1.29, 1.82) is 0 Å². The normalized spacial score (nSPS) is 11.8. The fraction of sp³-hybridized carbons (Fsp3) is 0.467. The molecule has 0 unspecified atom stereocenters. The number of carbonyl (C=O) groups excluding carboxylic acids is 1. The number of aliphatic hydroxyl groups is 1. The summed E-state index contributed by atoms with van der Waals surface area (Å²) in [7, 11) is 0. The first-order chi connectivity index (χ1) is 9.52. The van der Waals surface area contributed by atoms with Gasteiger partial charge in [0.25, 0.3) is 5.91 Å². The van der Waals surface area contributed by atoms with Crippen LogP contribution < -0.4 is 5.32 Å². The standard InChI is InChI=1S/C15H21N3O2/c1-15(2,6-3-7-19)10-16-14(20)11-4-5-13-12(8-11)9-17-18-13/h4-5,8-9,19H,3,6-7,10H2,1-2H3,(H,16,20)(H,17,18). The zero-order valence-electron chi connectivity index (χ0n) is 11.9. The molecule has 1 aromatic carbocycles. The van der Waals surface area contributed by atoms with Gasteiger partial charge in [-0.3, -0.25) is 9.89 Å². The van der Waals surface area contributed by atoms with Crippen molar-refractivity contribution < 1.29 is 9.90 Å². The molecule has 5 heteroatoms. The number of aromatic nitrogens is 2. The van der Waals surface area contributed by atoms with Gasteiger partial charge in [-0.2, -0.15) is 5.10 Å². The van der Waals surface area contributed by atoms with Crippen LogP contribution in [0.2, 0.25) is 0 Å². The molecule has 1 aromatic heterocycles. The Kier molecular flexibility index (Phi) is 4.39. The molecule has 1 amide bonds. The van der Waals surface area contributed by atoms with Gasteiger partial charge in [0.2, 0.25) is 0 Å². The van der Waals surface area contributed by atoms with Crippen molar-refractivity contribution in [2.45, 2.75) is 26.7 Å². The predicted molar refractivity (Wildman–Crippen MR) is 78.5 cm³/mol. The van der Waals surface area contributed by atoms with Gasteiger partial charge < -0.3 is 10.4 Å². The fourth-order valence-corrected chi connectivity index (χ4v) is 2.15. The number of aromatic amines is 1. The molecule has 0 fully saturated rings. The van der Waals surface area contributed by atoms with E-state index in [1.54, 1.807) is 12.3 Å². The third kappa shape index (κ3) is 3.57. The molecular weight excluding hydrogens is 254 g/mol. The molecule has 1 heterocycles. The summed E-state index contributed by atoms with van der Waals surface area (Å²) < 4.78 is 0. The monoisotopic (exact) mass is 275 g/mol. The summed E-state index contributed by atoms with van der Waals surface area (Å²) in [6.45, 7) is 4.95. The summed E-state index contributed by atoms with van der Waals surface area (Å²) in [6, 6.07) is 5.47. The number of aliphatic hydroxyl groups excluding tert-OH is 1. The highest BCUT2D eigenvalue weighted by molar-refractivity contribution is 5.97. The zero-order valence-corrected chi connectivity index (χ0v) is 11.9. The van der Waals surface area contributed by atoms with Crippen molar-refractivity contribution in [2.24, 2.45) is 5.41 Å². The maximum atomic E-state index is 12.1. The van der Waals surface area contributed by atoms with Crippen molar-refractivity contribution in [3.63, 3.8) is 0 Å². The molecular formula is C15H21N3O2. The van der Waals surface area contributed by atoms with E-state index in [4.69, 9.17) is 5.11 Å². The van der Waals surface area contributed by atoms with E-state index in [1.807, 2.05) is 12.1 Å². The van der Waals surface area contributed by atoms with Crippen LogP contribution in [-0.4, -0.2) is 34.4 Å². The molecule has 3 N–H and O–H groups in total. The molecule has 0 aliphatic carbocycles. The first kappa shape index (κ1) is 14.5. The van der Waals surface area contributed by atoms with Crippen LogP contribution >= 0.6 is 0 Å². The number of nitrogens with one attached hydrogen (secondary N) is 2. The number of hydrogen-bond donors (Lipinski definition) is 3. The first-order valence-electron chi connectivity index (χ1n) is 6.84. The second kappa shape index (κ2) is 6.05. The number of benzene rings is 1. The Bertz CT molecular complexity index is 590. The number of H-pyrrole nitrogens is 1. The summed E-state index contributed by atoms with van der Waals surface area (Å²) in [4.78, 5) is 12.1. The molecule has 20 heavy (non-hydrogen) atoms. The molecule has 2 rings (SSSR count). The molecule has 0 saturated carbocycles. The summed E-state index contributed by atoms with van der Waals surface area (Å²) in [6.07, 6.45) is 3.34. The minimum Gasteiger partial charge on any atom is -0.396 e. The SMILES string of the molecule is CC(C)(CCCO)CNC(=O)c1ccc2[nH]ncc2c1. The van der Waals surface area contributed by atoms with E-state index in [2.05, 4.69) is 29.4 Å². The average molecular weight is 275 g/mol. The second-order valence-electron chi connectivity index (χ2n) is 5.85. The largest absolute Gasteiger partial charge is 0.396 e. The lowest BCUT2D eigenvalue weighted by molar-refractivity contribution is 0.0933. The molecule has 0 aliphatic heterocycles. The van der Waals surface area contributed by atoms with Crippen LogP contribution in [0.1, 0.15) is 37.0 Å². The van der Waals surface area contributed by atoms with Gasteiger partial charge in [0.1, 0.15) is 0 Å². The van der Waals surface area contributed by atoms with Crippen LogP contribution in [0.25, 0.3) is 10.9 Å². The van der Waals surface area contributed by atoms with Gasteiger partial charge in [-0.1, -0.05) is 13.8 Å². The van der Waals surface area contributed by atoms with Gasteiger partial charge in [0.15, 0.2) is 0 Å². The third-order valence-corrected chi connectivity index (χ3v) is 3.44. The highest BCUT2D eigenvalue weighted by Crippen LogP contribution is 2.21. The van der Waals surface area contributed by atoms with Crippen LogP contribution in [0.3, 0.4) is 0 Å². The summed E-state index contributed by atoms with van der Waals surface area (Å²) in [5.74, 6) is -0.0785. The molecule has 5 nitrogen and oxygen atoms in total. The van der Waals surface area contributed by atoms with Crippen LogP contribution in [-0.2, 0) is 0 Å². The quantitative estimate of drug-likeness (QED) is 0.755. The molecule has 0 aliphatic rings. The van der Waals surface area contributed by atoms with Crippen molar-refractivity contribution >= 4 is 16.8 Å². The number of amides is 1. The predicted octanol–water partition coefficient (Wildman–Crippen LogP) is 2.09. The minimum atomic E-state index is -0.0785. The Morgan fingerprint density at radius 1 is 1.45 bits per heavy atom. The molecule has 2 aromatic rings. The van der Waals surface area contributed by atoms with Gasteiger partial charge in [-0.15, -0.1) is 0 Å². The van der Waals surface area contributed by atoms with Gasteiger partial charge >= 0.3 is 0 Å². The van der Waals surface area contributed by atoms with E-state index >= 15 is 0 Å². The van der Waals surface area contributed by atoms with Gasteiger partial charge in [-0.05, 0) is 36.5 Å². The fourth-order valence-electron chi connectivity index (χ4n) is 2.15. The van der Waals surface area contributed by atoms with Crippen LogP contribution in [0.15, 0.2) is 24.4 Å². The van der Waals surface area contributed by atoms with Crippen molar-refractivity contribution in [3.05, 3.63) is 30.0 Å². The maximum Gasteiger partial charge on any atom is 0.251 e. The highest BCUT2D eigenvalue weighted by Gasteiger charge is 2.18. The number of hydrogen-bond acceptors (Lipinski definition) is 3. The Hall–Kier alpha value is -1.88. The molecule has 0 radical (unpaired) electrons. The molecule has 0 spiro atoms.